The zero-order valence-electron chi connectivity index (χ0n) is 43.0. The minimum atomic E-state index is -1.61. The van der Waals surface area contributed by atoms with E-state index in [4.69, 9.17) is 61.1 Å². The molecule has 0 amide bonds. The van der Waals surface area contributed by atoms with E-state index >= 15 is 0 Å². The van der Waals surface area contributed by atoms with Crippen molar-refractivity contribution in [3.8, 4) is 11.5 Å². The van der Waals surface area contributed by atoms with E-state index in [0.29, 0.717) is 23.1 Å². The van der Waals surface area contributed by atoms with Gasteiger partial charge in [-0.05, 0) is 90.5 Å². The average molecular weight is 1060 g/mol. The molecule has 1 aromatic rings. The maximum atomic E-state index is 13.9. The molecule has 0 saturated carbocycles. The summed E-state index contributed by atoms with van der Waals surface area (Å²) in [4.78, 5) is 40.0. The van der Waals surface area contributed by atoms with Crippen LogP contribution in [0.15, 0.2) is 58.7 Å². The Hall–Kier alpha value is -3.89. The Morgan fingerprint density at radius 1 is 0.903 bits per heavy atom. The summed E-state index contributed by atoms with van der Waals surface area (Å²) in [6.07, 6.45) is -5.45. The first-order chi connectivity index (χ1) is 33.7. The summed E-state index contributed by atoms with van der Waals surface area (Å²) in [6.45, 7) is 18.1. The summed E-state index contributed by atoms with van der Waals surface area (Å²) >= 11 is 12.3. The number of hydrogen-bond acceptors (Lipinski definition) is 18. The van der Waals surface area contributed by atoms with Gasteiger partial charge in [0.2, 0.25) is 0 Å². The van der Waals surface area contributed by atoms with Crippen LogP contribution in [0.5, 0.6) is 11.5 Å². The number of rotatable bonds is 13. The average Bonchev–Trinajstić information content (AvgIpc) is 3.32. The zero-order chi connectivity index (χ0) is 54.1. The van der Waals surface area contributed by atoms with Gasteiger partial charge in [0, 0.05) is 19.4 Å². The van der Waals surface area contributed by atoms with Crippen molar-refractivity contribution in [1.29, 1.82) is 0 Å². The normalized spacial score (nSPS) is 34.8. The summed E-state index contributed by atoms with van der Waals surface area (Å²) in [6, 6.07) is 0. The van der Waals surface area contributed by atoms with E-state index in [1.807, 2.05) is 32.9 Å². The molecule has 7 N–H and O–H groups in total. The lowest BCUT2D eigenvalue weighted by Crippen LogP contribution is -2.64. The van der Waals surface area contributed by atoms with E-state index < -0.39 is 144 Å². The van der Waals surface area contributed by atoms with E-state index in [1.165, 1.54) is 33.1 Å². The largest absolute Gasteiger partial charge is 0.505 e. The van der Waals surface area contributed by atoms with Gasteiger partial charge in [-0.25, -0.2) is 9.59 Å². The fraction of sp³-hybridized carbons (Fsp3) is 0.635. The first-order valence-corrected chi connectivity index (χ1v) is 24.9. The lowest BCUT2D eigenvalue weighted by molar-refractivity contribution is -0.333. The molecule has 0 spiro atoms. The van der Waals surface area contributed by atoms with E-state index in [9.17, 15) is 50.1 Å². The molecule has 0 bridgehead atoms. The molecule has 3 aliphatic rings. The van der Waals surface area contributed by atoms with Gasteiger partial charge >= 0.3 is 17.9 Å². The Morgan fingerprint density at radius 3 is 2.17 bits per heavy atom. The quantitative estimate of drug-likeness (QED) is 0.0655. The van der Waals surface area contributed by atoms with Gasteiger partial charge < -0.3 is 73.6 Å². The van der Waals surface area contributed by atoms with Crippen LogP contribution < -0.4 is 0 Å². The topological polar surface area (TPSA) is 267 Å². The van der Waals surface area contributed by atoms with Gasteiger partial charge in [-0.15, -0.1) is 0 Å². The first kappa shape index (κ1) is 60.7. The molecule has 1 aromatic carbocycles. The second-order valence-corrected chi connectivity index (χ2v) is 20.1. The Balaban J connectivity index is 1.61. The van der Waals surface area contributed by atoms with E-state index in [0.717, 1.165) is 0 Å². The fourth-order valence-electron chi connectivity index (χ4n) is 8.60. The summed E-state index contributed by atoms with van der Waals surface area (Å²) in [5.41, 5.74) is 0.318. The number of hydrogen-bond donors (Lipinski definition) is 7. The van der Waals surface area contributed by atoms with Gasteiger partial charge in [-0.2, -0.15) is 0 Å². The van der Waals surface area contributed by atoms with Crippen LogP contribution in [0.3, 0.4) is 0 Å². The standard InChI is InChI=1S/C52H74Cl2O18/c1-13-30-22-26(6)33(56)18-16-15-17-31(23-66-51-45(65-12)42(61)44(29(9)67-51)69-49(64)35-32(14-2)36(53)39(58)37(54)38(35)57)48(63)68-34(28(8)55)20-19-25(5)21-27(7)43(30)70-50-41(60)40(59)46(52(10,11)72-50)71-47(62)24(3)4/h15-17,19,21-22,24,28-30,33-34,40-46,50-51,55-61H,13-14,18,20,23H2,1-12H3/b16-15+,25-19+,26-22+,27-21+,31-17+/t28?,29-,30?,33?,34+,40-,41+,42+,43+,44-,45+,46+,50-,51-/m1/s1. The highest BCUT2D eigenvalue weighted by Gasteiger charge is 2.53. The predicted molar refractivity (Wildman–Crippen MR) is 265 cm³/mol. The van der Waals surface area contributed by atoms with Crippen LogP contribution in [0.25, 0.3) is 0 Å². The Bertz CT molecular complexity index is 2220. The number of allylic oxidation sites excluding steroid dienone is 4. The van der Waals surface area contributed by atoms with Crippen LogP contribution in [0.4, 0.5) is 0 Å². The van der Waals surface area contributed by atoms with Crippen LogP contribution in [0.2, 0.25) is 10.0 Å². The molecule has 0 aromatic heterocycles. The van der Waals surface area contributed by atoms with Gasteiger partial charge in [-0.3, -0.25) is 4.79 Å². The van der Waals surface area contributed by atoms with Crippen LogP contribution in [0, 0.1) is 11.8 Å². The van der Waals surface area contributed by atoms with Crippen LogP contribution in [-0.4, -0.2) is 153 Å². The molecule has 2 fully saturated rings. The molecule has 404 valence electrons. The lowest BCUT2D eigenvalue weighted by atomic mass is 9.88. The molecule has 20 heteroatoms. The van der Waals surface area contributed by atoms with Crippen LogP contribution in [0.1, 0.15) is 111 Å². The minimum absolute atomic E-state index is 0.0372. The van der Waals surface area contributed by atoms with Crippen LogP contribution >= 0.6 is 23.2 Å². The smallest absolute Gasteiger partial charge is 0.342 e. The Morgan fingerprint density at radius 2 is 1.57 bits per heavy atom. The molecule has 2 saturated heterocycles. The summed E-state index contributed by atoms with van der Waals surface area (Å²) < 4.78 is 47.5. The highest BCUT2D eigenvalue weighted by atomic mass is 35.5. The number of benzene rings is 1. The third-order valence-corrected chi connectivity index (χ3v) is 13.8. The van der Waals surface area contributed by atoms with Crippen molar-refractivity contribution >= 4 is 41.1 Å². The van der Waals surface area contributed by atoms with Gasteiger partial charge in [0.1, 0.15) is 46.7 Å². The molecule has 0 radical (unpaired) electrons. The molecule has 72 heavy (non-hydrogen) atoms. The number of ether oxygens (including phenoxy) is 8. The van der Waals surface area contributed by atoms with Crippen molar-refractivity contribution in [3.05, 3.63) is 79.9 Å². The number of aliphatic hydroxyl groups is 5. The van der Waals surface area contributed by atoms with Gasteiger partial charge in [0.15, 0.2) is 36.3 Å². The Kier molecular flexibility index (Phi) is 22.4. The number of aliphatic hydroxyl groups excluding tert-OH is 5. The molecular weight excluding hydrogens is 983 g/mol. The molecular formula is C52H74Cl2O18. The monoisotopic (exact) mass is 1060 g/mol. The third-order valence-electron chi connectivity index (χ3n) is 13.0. The van der Waals surface area contributed by atoms with Crippen LogP contribution in [-0.2, 0) is 53.9 Å². The first-order valence-electron chi connectivity index (χ1n) is 24.2. The number of aromatic hydroxyl groups is 2. The van der Waals surface area contributed by atoms with E-state index in [1.54, 1.807) is 53.7 Å². The number of halogens is 2. The third kappa shape index (κ3) is 14.7. The highest BCUT2D eigenvalue weighted by molar-refractivity contribution is 6.39. The van der Waals surface area contributed by atoms with E-state index in [2.05, 4.69) is 0 Å². The van der Waals surface area contributed by atoms with Crippen molar-refractivity contribution in [1.82, 2.24) is 0 Å². The SMILES string of the molecule is CCc1c(Cl)c(O)c(Cl)c(O)c1C(=O)O[C@H]1[C@H](O)[C@H](OC)[C@H](OC/C2=C\C=C\CC(O)/C(C)=C/C(CC)[C@@H](O[C@@H]3OC(C)(C)[C@@H](OC(=O)C(C)C)[C@H](O)[C@@H]3O)/C(C)=C/C(C)=C/C[C@@H](C(C)O)OC2=O)O[C@@H]1C. The molecule has 14 atom stereocenters. The summed E-state index contributed by atoms with van der Waals surface area (Å²) in [7, 11) is 1.26. The second-order valence-electron chi connectivity index (χ2n) is 19.4. The maximum Gasteiger partial charge on any atom is 0.342 e. The number of carbonyl (C=O) groups is 3. The molecule has 18 nitrogen and oxygen atoms in total. The molecule has 0 aliphatic carbocycles. The summed E-state index contributed by atoms with van der Waals surface area (Å²) in [5.74, 6) is -4.78. The molecule has 4 rings (SSSR count). The number of esters is 3. The number of phenolic OH excluding ortho intramolecular Hbond substituents is 2. The second kappa shape index (κ2) is 26.5. The zero-order valence-corrected chi connectivity index (χ0v) is 44.5. The number of carbonyl (C=O) groups excluding carboxylic acids is 3. The van der Waals surface area contributed by atoms with Crippen molar-refractivity contribution in [2.45, 2.75) is 187 Å². The highest BCUT2D eigenvalue weighted by Crippen LogP contribution is 2.45. The van der Waals surface area contributed by atoms with Crippen molar-refractivity contribution in [2.24, 2.45) is 11.8 Å². The lowest BCUT2D eigenvalue weighted by Gasteiger charge is -2.47. The Labute approximate surface area is 431 Å². The number of phenols is 2. The summed E-state index contributed by atoms with van der Waals surface area (Å²) in [5, 5.41) is 76.5. The van der Waals surface area contributed by atoms with Crippen molar-refractivity contribution in [3.63, 3.8) is 0 Å². The van der Waals surface area contributed by atoms with Crippen molar-refractivity contribution in [2.75, 3.05) is 13.7 Å². The molecule has 3 unspecified atom stereocenters. The van der Waals surface area contributed by atoms with Crippen molar-refractivity contribution < 1.29 is 88.0 Å². The number of methoxy groups -OCH3 is 1. The maximum absolute atomic E-state index is 13.9. The molecule has 3 heterocycles. The van der Waals surface area contributed by atoms with Gasteiger partial charge in [0.05, 0.1) is 47.5 Å². The van der Waals surface area contributed by atoms with Gasteiger partial charge in [-0.1, -0.05) is 86.9 Å². The fourth-order valence-corrected chi connectivity index (χ4v) is 9.16. The van der Waals surface area contributed by atoms with E-state index in [-0.39, 0.29) is 35.4 Å². The molecule has 3 aliphatic heterocycles. The number of cyclic esters (lactones) is 1. The van der Waals surface area contributed by atoms with Gasteiger partial charge in [0.25, 0.3) is 0 Å². The minimum Gasteiger partial charge on any atom is -0.505 e. The predicted octanol–water partition coefficient (Wildman–Crippen LogP) is 6.23.